The van der Waals surface area contributed by atoms with E-state index in [1.807, 2.05) is 56.3 Å². The average molecular weight is 506 g/mol. The third kappa shape index (κ3) is 5.08. The van der Waals surface area contributed by atoms with E-state index in [2.05, 4.69) is 0 Å². The Balaban J connectivity index is 1.49. The first-order chi connectivity index (χ1) is 17.8. The SMILES string of the molecule is CC1Cc2cc(C([O-])=C3C(=O)C(=O)N(CCC[NH+]4CCOCC4)C3c3ccc(N(C)C)cc3)ccc2O1. The average Bonchev–Trinajstić information content (AvgIpc) is 3.40. The first-order valence-electron chi connectivity index (χ1n) is 13.1. The Hall–Kier alpha value is -3.36. The fourth-order valence-corrected chi connectivity index (χ4v) is 5.53. The van der Waals surface area contributed by atoms with Gasteiger partial charge in [-0.15, -0.1) is 0 Å². The largest absolute Gasteiger partial charge is 0.872 e. The summed E-state index contributed by atoms with van der Waals surface area (Å²) in [5.41, 5.74) is 3.18. The Morgan fingerprint density at radius 3 is 2.54 bits per heavy atom. The molecular formula is C29H35N3O5. The molecule has 0 spiro atoms. The quantitative estimate of drug-likeness (QED) is 0.337. The lowest BCUT2D eigenvalue weighted by Crippen LogP contribution is -3.14. The lowest BCUT2D eigenvalue weighted by molar-refractivity contribution is -0.908. The van der Waals surface area contributed by atoms with Gasteiger partial charge >= 0.3 is 0 Å². The molecule has 196 valence electrons. The molecule has 0 aliphatic carbocycles. The third-order valence-corrected chi connectivity index (χ3v) is 7.54. The van der Waals surface area contributed by atoms with Crippen molar-refractivity contribution < 1.29 is 29.1 Å². The Bertz CT molecular complexity index is 1200. The molecule has 2 atom stereocenters. The number of nitrogens with zero attached hydrogens (tertiary/aromatic N) is 2. The summed E-state index contributed by atoms with van der Waals surface area (Å²) >= 11 is 0. The number of quaternary nitrogens is 1. The predicted molar refractivity (Wildman–Crippen MR) is 138 cm³/mol. The smallest absolute Gasteiger partial charge is 0.295 e. The second kappa shape index (κ2) is 10.6. The number of amides is 1. The van der Waals surface area contributed by atoms with Gasteiger partial charge in [-0.2, -0.15) is 0 Å². The summed E-state index contributed by atoms with van der Waals surface area (Å²) in [5.74, 6) is -0.912. The van der Waals surface area contributed by atoms with E-state index in [-0.39, 0.29) is 17.4 Å². The van der Waals surface area contributed by atoms with Crippen LogP contribution in [0.3, 0.4) is 0 Å². The lowest BCUT2D eigenvalue weighted by Gasteiger charge is -2.29. The van der Waals surface area contributed by atoms with E-state index in [4.69, 9.17) is 9.47 Å². The number of Topliss-reactive ketones (excluding diaryl/α,β-unsaturated/α-hetero) is 1. The van der Waals surface area contributed by atoms with E-state index in [0.717, 1.165) is 61.8 Å². The Morgan fingerprint density at radius 2 is 1.84 bits per heavy atom. The van der Waals surface area contributed by atoms with Gasteiger partial charge in [0, 0.05) is 44.7 Å². The molecule has 2 saturated heterocycles. The highest BCUT2D eigenvalue weighted by Gasteiger charge is 2.44. The molecule has 3 aliphatic heterocycles. The van der Waals surface area contributed by atoms with E-state index in [9.17, 15) is 14.7 Å². The number of morpholine rings is 1. The van der Waals surface area contributed by atoms with Crippen molar-refractivity contribution in [2.75, 3.05) is 58.4 Å². The van der Waals surface area contributed by atoms with Crippen LogP contribution < -0.4 is 19.6 Å². The molecule has 2 unspecified atom stereocenters. The van der Waals surface area contributed by atoms with Crippen LogP contribution in [0.4, 0.5) is 5.69 Å². The van der Waals surface area contributed by atoms with Crippen molar-refractivity contribution in [2.45, 2.75) is 31.9 Å². The van der Waals surface area contributed by atoms with Gasteiger partial charge in [-0.3, -0.25) is 9.59 Å². The molecule has 0 bridgehead atoms. The molecule has 37 heavy (non-hydrogen) atoms. The molecular weight excluding hydrogens is 470 g/mol. The molecule has 8 nitrogen and oxygen atoms in total. The molecule has 0 saturated carbocycles. The van der Waals surface area contributed by atoms with Crippen molar-refractivity contribution in [2.24, 2.45) is 0 Å². The van der Waals surface area contributed by atoms with Gasteiger partial charge in [-0.25, -0.2) is 0 Å². The van der Waals surface area contributed by atoms with Gasteiger partial charge in [0.25, 0.3) is 5.91 Å². The van der Waals surface area contributed by atoms with Gasteiger partial charge < -0.3 is 29.3 Å². The number of rotatable bonds is 7. The number of benzene rings is 2. The lowest BCUT2D eigenvalue weighted by atomic mass is 9.94. The molecule has 0 radical (unpaired) electrons. The summed E-state index contributed by atoms with van der Waals surface area (Å²) in [6, 6.07) is 12.3. The first kappa shape index (κ1) is 25.3. The van der Waals surface area contributed by atoms with E-state index in [1.165, 1.54) is 4.90 Å². The second-order valence-corrected chi connectivity index (χ2v) is 10.4. The predicted octanol–water partition coefficient (Wildman–Crippen LogP) is 0.605. The third-order valence-electron chi connectivity index (χ3n) is 7.54. The summed E-state index contributed by atoms with van der Waals surface area (Å²) in [7, 11) is 3.91. The highest BCUT2D eigenvalue weighted by molar-refractivity contribution is 6.46. The van der Waals surface area contributed by atoms with Crippen molar-refractivity contribution in [3.63, 3.8) is 0 Å². The van der Waals surface area contributed by atoms with Gasteiger partial charge in [-0.05, 0) is 47.9 Å². The molecule has 1 amide bonds. The van der Waals surface area contributed by atoms with Gasteiger partial charge in [0.2, 0.25) is 5.78 Å². The molecule has 2 fully saturated rings. The van der Waals surface area contributed by atoms with Crippen LogP contribution in [0.15, 0.2) is 48.0 Å². The van der Waals surface area contributed by atoms with E-state index < -0.39 is 17.7 Å². The fraction of sp³-hybridized carbons (Fsp3) is 0.448. The van der Waals surface area contributed by atoms with Crippen LogP contribution >= 0.6 is 0 Å². The van der Waals surface area contributed by atoms with Crippen LogP contribution in [-0.2, 0) is 20.7 Å². The maximum Gasteiger partial charge on any atom is 0.295 e. The number of anilines is 1. The molecule has 1 N–H and O–H groups in total. The van der Waals surface area contributed by atoms with E-state index >= 15 is 0 Å². The second-order valence-electron chi connectivity index (χ2n) is 10.4. The van der Waals surface area contributed by atoms with Crippen molar-refractivity contribution in [3.8, 4) is 5.75 Å². The summed E-state index contributed by atoms with van der Waals surface area (Å²) in [6.07, 6.45) is 1.51. The van der Waals surface area contributed by atoms with Crippen LogP contribution in [0.5, 0.6) is 5.75 Å². The topological polar surface area (TPSA) is 86.6 Å². The molecule has 2 aromatic carbocycles. The highest BCUT2D eigenvalue weighted by Crippen LogP contribution is 2.40. The number of hydrogen-bond donors (Lipinski definition) is 1. The molecule has 2 aromatic rings. The number of ketones is 1. The Labute approximate surface area is 218 Å². The number of fused-ring (bicyclic) bond motifs is 1. The fourth-order valence-electron chi connectivity index (χ4n) is 5.53. The maximum absolute atomic E-state index is 13.8. The summed E-state index contributed by atoms with van der Waals surface area (Å²) in [4.78, 5) is 31.6. The molecule has 3 heterocycles. The minimum atomic E-state index is -0.702. The summed E-state index contributed by atoms with van der Waals surface area (Å²) in [5, 5.41) is 13.8. The van der Waals surface area contributed by atoms with Crippen LogP contribution in [-0.4, -0.2) is 76.2 Å². The first-order valence-corrected chi connectivity index (χ1v) is 13.1. The zero-order chi connectivity index (χ0) is 26.1. The summed E-state index contributed by atoms with van der Waals surface area (Å²) < 4.78 is 11.2. The zero-order valence-electron chi connectivity index (χ0n) is 21.8. The van der Waals surface area contributed by atoms with Crippen LogP contribution in [0.1, 0.15) is 36.1 Å². The molecule has 5 rings (SSSR count). The number of hydrogen-bond acceptors (Lipinski definition) is 6. The van der Waals surface area contributed by atoms with Gasteiger partial charge in [0.05, 0.1) is 25.8 Å². The van der Waals surface area contributed by atoms with Crippen LogP contribution in [0.25, 0.3) is 5.76 Å². The van der Waals surface area contributed by atoms with E-state index in [0.29, 0.717) is 18.5 Å². The van der Waals surface area contributed by atoms with Crippen LogP contribution in [0.2, 0.25) is 0 Å². The zero-order valence-corrected chi connectivity index (χ0v) is 21.8. The van der Waals surface area contributed by atoms with Crippen molar-refractivity contribution in [1.29, 1.82) is 0 Å². The van der Waals surface area contributed by atoms with Gasteiger partial charge in [0.15, 0.2) is 0 Å². The molecule has 0 aromatic heterocycles. The van der Waals surface area contributed by atoms with Crippen LogP contribution in [0, 0.1) is 0 Å². The number of carbonyl (C=O) groups is 2. The van der Waals surface area contributed by atoms with Gasteiger partial charge in [0.1, 0.15) is 24.9 Å². The number of likely N-dealkylation sites (tertiary alicyclic amines) is 1. The minimum Gasteiger partial charge on any atom is -0.872 e. The maximum atomic E-state index is 13.8. The highest BCUT2D eigenvalue weighted by atomic mass is 16.5. The normalized spacial score (nSPS) is 23.3. The Morgan fingerprint density at radius 1 is 1.11 bits per heavy atom. The molecule has 3 aliphatic rings. The van der Waals surface area contributed by atoms with Gasteiger partial charge in [-0.1, -0.05) is 24.0 Å². The number of nitrogens with one attached hydrogen (secondary N) is 1. The molecule has 8 heteroatoms. The van der Waals surface area contributed by atoms with Crippen molar-refractivity contribution in [3.05, 3.63) is 64.7 Å². The van der Waals surface area contributed by atoms with Crippen molar-refractivity contribution >= 4 is 23.1 Å². The minimum absolute atomic E-state index is 0.0354. The number of ether oxygens (including phenoxy) is 2. The van der Waals surface area contributed by atoms with E-state index in [1.54, 1.807) is 17.0 Å². The summed E-state index contributed by atoms with van der Waals surface area (Å²) in [6.45, 7) is 6.67. The van der Waals surface area contributed by atoms with Crippen molar-refractivity contribution in [1.82, 2.24) is 4.90 Å². The monoisotopic (exact) mass is 505 g/mol. The standard InChI is InChI=1S/C29H35N3O5/c1-19-17-22-18-21(7-10-24(22)37-19)27(33)25-26(20-5-8-23(9-6-20)30(2)3)32(29(35)28(25)34)12-4-11-31-13-15-36-16-14-31/h5-10,18-19,26,33H,4,11-17H2,1-3H3. The Kier molecular flexibility index (Phi) is 7.22. The number of carbonyl (C=O) groups excluding carboxylic acids is 2.